The highest BCUT2D eigenvalue weighted by molar-refractivity contribution is 6.02. The highest BCUT2D eigenvalue weighted by Crippen LogP contribution is 2.12. The fourth-order valence-corrected chi connectivity index (χ4v) is 1.86. The number of ether oxygens (including phenoxy) is 1. The molecular weight excluding hydrogens is 274 g/mol. The molecule has 2 rings (SSSR count). The average molecular weight is 289 g/mol. The summed E-state index contributed by atoms with van der Waals surface area (Å²) in [6.45, 7) is 0.373. The van der Waals surface area contributed by atoms with Gasteiger partial charge in [0.25, 0.3) is 5.91 Å². The van der Waals surface area contributed by atoms with Gasteiger partial charge in [-0.15, -0.1) is 0 Å². The maximum atomic E-state index is 11.9. The summed E-state index contributed by atoms with van der Waals surface area (Å²) >= 11 is 0. The van der Waals surface area contributed by atoms with Crippen LogP contribution in [0.4, 0.5) is 0 Å². The van der Waals surface area contributed by atoms with E-state index in [0.29, 0.717) is 13.0 Å². The molecule has 2 aromatic rings. The summed E-state index contributed by atoms with van der Waals surface area (Å²) < 4.78 is 5.12. The number of methoxy groups -OCH3 is 1. The molecule has 0 radical (unpaired) electrons. The molecule has 0 fully saturated rings. The van der Waals surface area contributed by atoms with Gasteiger partial charge in [-0.2, -0.15) is 0 Å². The number of benzene rings is 1. The maximum absolute atomic E-state index is 11.9. The van der Waals surface area contributed by atoms with Gasteiger partial charge in [0, 0.05) is 6.54 Å². The summed E-state index contributed by atoms with van der Waals surface area (Å²) in [5.74, 6) is -0.985. The molecule has 110 valence electrons. The second kappa shape index (κ2) is 6.56. The first-order valence-corrected chi connectivity index (χ1v) is 6.29. The second-order valence-corrected chi connectivity index (χ2v) is 4.29. The molecule has 0 atom stereocenters. The maximum Gasteiger partial charge on any atom is 0.354 e. The number of carboxylic acid groups (broad SMARTS) is 1. The molecule has 1 amide bonds. The molecular formula is C14H15N3O4. The van der Waals surface area contributed by atoms with E-state index < -0.39 is 11.9 Å². The number of nitrogens with one attached hydrogen (secondary N) is 2. The van der Waals surface area contributed by atoms with Crippen LogP contribution in [0.1, 0.15) is 26.5 Å². The van der Waals surface area contributed by atoms with Gasteiger partial charge in [0.15, 0.2) is 11.4 Å². The van der Waals surface area contributed by atoms with E-state index >= 15 is 0 Å². The minimum absolute atomic E-state index is 0.117. The van der Waals surface area contributed by atoms with Gasteiger partial charge in [0.05, 0.1) is 13.4 Å². The Morgan fingerprint density at radius 1 is 1.43 bits per heavy atom. The number of nitrogens with zero attached hydrogens (tertiary/aromatic N) is 1. The van der Waals surface area contributed by atoms with Gasteiger partial charge >= 0.3 is 5.97 Å². The number of carboxylic acids is 1. The fourth-order valence-electron chi connectivity index (χ4n) is 1.86. The zero-order chi connectivity index (χ0) is 15.2. The molecule has 7 heteroatoms. The van der Waals surface area contributed by atoms with Crippen molar-refractivity contribution in [1.29, 1.82) is 0 Å². The summed E-state index contributed by atoms with van der Waals surface area (Å²) in [5, 5.41) is 11.5. The van der Waals surface area contributed by atoms with Crippen molar-refractivity contribution in [1.82, 2.24) is 15.3 Å². The molecule has 0 unspecified atom stereocenters. The Hall–Kier alpha value is -2.83. The van der Waals surface area contributed by atoms with Crippen LogP contribution in [0.25, 0.3) is 0 Å². The Labute approximate surface area is 121 Å². The second-order valence-electron chi connectivity index (χ2n) is 4.29. The predicted molar refractivity (Wildman–Crippen MR) is 74.6 cm³/mol. The van der Waals surface area contributed by atoms with Gasteiger partial charge in [-0.25, -0.2) is 9.78 Å². The molecule has 1 heterocycles. The molecule has 0 saturated heterocycles. The molecule has 1 aromatic carbocycles. The molecule has 0 saturated carbocycles. The normalized spacial score (nSPS) is 10.1. The lowest BCUT2D eigenvalue weighted by Crippen LogP contribution is -2.27. The van der Waals surface area contributed by atoms with Crippen LogP contribution in [0.15, 0.2) is 30.6 Å². The van der Waals surface area contributed by atoms with Crippen molar-refractivity contribution in [3.05, 3.63) is 47.5 Å². The Morgan fingerprint density at radius 3 is 2.95 bits per heavy atom. The van der Waals surface area contributed by atoms with Crippen LogP contribution < -0.4 is 10.1 Å². The van der Waals surface area contributed by atoms with Crippen molar-refractivity contribution in [3.63, 3.8) is 0 Å². The first-order chi connectivity index (χ1) is 10.1. The standard InChI is InChI=1S/C14H15N3O4/c1-21-10-4-2-3-9(7-10)5-6-15-13(18)11-12(14(19)20)17-8-16-11/h2-4,7-8H,5-6H2,1H3,(H,15,18)(H,16,17)(H,19,20). The Bertz CT molecular complexity index is 651. The van der Waals surface area contributed by atoms with Gasteiger partial charge in [0.2, 0.25) is 0 Å². The molecule has 3 N–H and O–H groups in total. The van der Waals surface area contributed by atoms with Crippen molar-refractivity contribution >= 4 is 11.9 Å². The predicted octanol–water partition coefficient (Wildman–Crippen LogP) is 1.09. The third-order valence-corrected chi connectivity index (χ3v) is 2.90. The quantitative estimate of drug-likeness (QED) is 0.738. The van der Waals surface area contributed by atoms with E-state index in [4.69, 9.17) is 9.84 Å². The van der Waals surface area contributed by atoms with Crippen LogP contribution in [0, 0.1) is 0 Å². The molecule has 0 spiro atoms. The molecule has 0 aliphatic heterocycles. The van der Waals surface area contributed by atoms with Crippen molar-refractivity contribution in [2.45, 2.75) is 6.42 Å². The van der Waals surface area contributed by atoms with Crippen LogP contribution in [0.5, 0.6) is 5.75 Å². The van der Waals surface area contributed by atoms with E-state index in [1.54, 1.807) is 7.11 Å². The number of hydrogen-bond acceptors (Lipinski definition) is 4. The lowest BCUT2D eigenvalue weighted by Gasteiger charge is -2.06. The first kappa shape index (κ1) is 14.6. The number of aromatic nitrogens is 2. The minimum atomic E-state index is -1.22. The Morgan fingerprint density at radius 2 is 2.24 bits per heavy atom. The van der Waals surface area contributed by atoms with E-state index in [1.807, 2.05) is 24.3 Å². The highest BCUT2D eigenvalue weighted by Gasteiger charge is 2.19. The molecule has 7 nitrogen and oxygen atoms in total. The van der Waals surface area contributed by atoms with E-state index in [-0.39, 0.29) is 11.4 Å². The molecule has 21 heavy (non-hydrogen) atoms. The smallest absolute Gasteiger partial charge is 0.354 e. The van der Waals surface area contributed by atoms with Gasteiger partial charge in [0.1, 0.15) is 5.75 Å². The number of aromatic amines is 1. The topological polar surface area (TPSA) is 104 Å². The van der Waals surface area contributed by atoms with E-state index in [9.17, 15) is 9.59 Å². The lowest BCUT2D eigenvalue weighted by molar-refractivity contribution is 0.0685. The molecule has 1 aromatic heterocycles. The first-order valence-electron chi connectivity index (χ1n) is 6.29. The average Bonchev–Trinajstić information content (AvgIpc) is 2.97. The number of H-pyrrole nitrogens is 1. The van der Waals surface area contributed by atoms with Gasteiger partial charge in [-0.1, -0.05) is 12.1 Å². The summed E-state index contributed by atoms with van der Waals surface area (Å²) in [5.41, 5.74) is 0.678. The van der Waals surface area contributed by atoms with Crippen LogP contribution in [-0.4, -0.2) is 40.6 Å². The van der Waals surface area contributed by atoms with Gasteiger partial charge in [-0.05, 0) is 24.1 Å². The third kappa shape index (κ3) is 3.59. The van der Waals surface area contributed by atoms with Crippen molar-refractivity contribution in [3.8, 4) is 5.75 Å². The third-order valence-electron chi connectivity index (χ3n) is 2.90. The number of aromatic carboxylic acids is 1. The zero-order valence-electron chi connectivity index (χ0n) is 11.4. The molecule has 0 aliphatic carbocycles. The lowest BCUT2D eigenvalue weighted by atomic mass is 10.1. The van der Waals surface area contributed by atoms with Crippen molar-refractivity contribution < 1.29 is 19.4 Å². The number of imidazole rings is 1. The van der Waals surface area contributed by atoms with Crippen LogP contribution in [0.2, 0.25) is 0 Å². The van der Waals surface area contributed by atoms with E-state index in [2.05, 4.69) is 15.3 Å². The van der Waals surface area contributed by atoms with Crippen LogP contribution >= 0.6 is 0 Å². The van der Waals surface area contributed by atoms with Crippen molar-refractivity contribution in [2.75, 3.05) is 13.7 Å². The van der Waals surface area contributed by atoms with Gasteiger partial charge in [-0.3, -0.25) is 4.79 Å². The summed E-state index contributed by atoms with van der Waals surface area (Å²) in [4.78, 5) is 28.9. The largest absolute Gasteiger partial charge is 0.497 e. The SMILES string of the molecule is COc1cccc(CCNC(=O)c2nc[nH]c2C(=O)O)c1. The number of hydrogen-bond donors (Lipinski definition) is 3. The summed E-state index contributed by atoms with van der Waals surface area (Å²) in [6, 6.07) is 7.51. The summed E-state index contributed by atoms with van der Waals surface area (Å²) in [6.07, 6.45) is 1.79. The highest BCUT2D eigenvalue weighted by atomic mass is 16.5. The Balaban J connectivity index is 1.92. The minimum Gasteiger partial charge on any atom is -0.497 e. The van der Waals surface area contributed by atoms with E-state index in [0.717, 1.165) is 11.3 Å². The number of carbonyl (C=O) groups excluding carboxylic acids is 1. The van der Waals surface area contributed by atoms with Gasteiger partial charge < -0.3 is 20.1 Å². The molecule has 0 aliphatic rings. The van der Waals surface area contributed by atoms with Crippen molar-refractivity contribution in [2.24, 2.45) is 0 Å². The number of amides is 1. The molecule has 0 bridgehead atoms. The monoisotopic (exact) mass is 289 g/mol. The fraction of sp³-hybridized carbons (Fsp3) is 0.214. The Kier molecular flexibility index (Phi) is 4.55. The number of rotatable bonds is 6. The van der Waals surface area contributed by atoms with E-state index in [1.165, 1.54) is 6.33 Å². The zero-order valence-corrected chi connectivity index (χ0v) is 11.4. The van der Waals surface area contributed by atoms with Crippen LogP contribution in [-0.2, 0) is 6.42 Å². The summed E-state index contributed by atoms with van der Waals surface area (Å²) in [7, 11) is 1.59. The van der Waals surface area contributed by atoms with Crippen LogP contribution in [0.3, 0.4) is 0 Å². The number of carbonyl (C=O) groups is 2.